The molecule has 0 aliphatic heterocycles. The van der Waals surface area contributed by atoms with Crippen molar-refractivity contribution in [3.63, 3.8) is 0 Å². The maximum atomic E-state index is 11.5. The van der Waals surface area contributed by atoms with E-state index in [1.807, 2.05) is 6.92 Å². The maximum Gasteiger partial charge on any atom is 0.0941 e. The average Bonchev–Trinajstić information content (AvgIpc) is 1.68. The van der Waals surface area contributed by atoms with Crippen LogP contribution in [0.4, 0.5) is 4.39 Å². The van der Waals surface area contributed by atoms with E-state index in [0.29, 0.717) is 6.61 Å². The Morgan fingerprint density at radius 2 is 2.29 bits per heavy atom. The Hall–Kier alpha value is -0.110. The van der Waals surface area contributed by atoms with E-state index in [0.717, 1.165) is 0 Å². The van der Waals surface area contributed by atoms with Crippen LogP contribution in [-0.4, -0.2) is 20.4 Å². The first kappa shape index (κ1) is 6.89. The molecule has 0 amide bonds. The van der Waals surface area contributed by atoms with E-state index in [1.54, 1.807) is 7.11 Å². The number of halogens is 1. The molecule has 0 rings (SSSR count). The zero-order valence-electron chi connectivity index (χ0n) is 4.78. The lowest BCUT2D eigenvalue weighted by atomic mass is 10.2. The first-order chi connectivity index (χ1) is 3.31. The Labute approximate surface area is 43.5 Å². The monoisotopic (exact) mass is 106 g/mol. The molecule has 0 aliphatic carbocycles. The van der Waals surface area contributed by atoms with Gasteiger partial charge in [-0.2, -0.15) is 0 Å². The van der Waals surface area contributed by atoms with Crippen molar-refractivity contribution in [3.05, 3.63) is 0 Å². The van der Waals surface area contributed by atoms with Gasteiger partial charge in [-0.1, -0.05) is 6.92 Å². The Balaban J connectivity index is 2.83. The zero-order chi connectivity index (χ0) is 5.70. The quantitative estimate of drug-likeness (QED) is 0.526. The summed E-state index contributed by atoms with van der Waals surface area (Å²) in [6.45, 7) is 2.05. The predicted octanol–water partition coefficient (Wildman–Crippen LogP) is 1.24. The molecule has 0 aromatic rings. The fraction of sp³-hybridized carbons (Fsp3) is 1.00. The van der Waals surface area contributed by atoms with Crippen LogP contribution >= 0.6 is 0 Å². The van der Waals surface area contributed by atoms with E-state index < -0.39 is 0 Å². The van der Waals surface area contributed by atoms with Crippen LogP contribution in [0.5, 0.6) is 0 Å². The summed E-state index contributed by atoms with van der Waals surface area (Å²) in [6.07, 6.45) is 0. The number of rotatable bonds is 3. The summed E-state index contributed by atoms with van der Waals surface area (Å²) < 4.78 is 16.1. The minimum absolute atomic E-state index is 0.0602. The van der Waals surface area contributed by atoms with Crippen molar-refractivity contribution in [2.45, 2.75) is 6.92 Å². The molecule has 7 heavy (non-hydrogen) atoms. The van der Waals surface area contributed by atoms with Crippen molar-refractivity contribution >= 4 is 0 Å². The lowest BCUT2D eigenvalue weighted by molar-refractivity contribution is 0.145. The molecule has 1 atom stereocenters. The Bertz CT molecular complexity index is 39.1. The third kappa shape index (κ3) is 3.73. The van der Waals surface area contributed by atoms with Gasteiger partial charge in [0.25, 0.3) is 0 Å². The Morgan fingerprint density at radius 3 is 2.43 bits per heavy atom. The molecule has 0 aliphatic rings. The molecule has 0 fully saturated rings. The Kier molecular flexibility index (Phi) is 4.00. The fourth-order valence-corrected chi connectivity index (χ4v) is 0.329. The molecule has 1 nitrogen and oxygen atoms in total. The normalized spacial score (nSPS) is 14.1. The molecule has 0 bridgehead atoms. The third-order valence-electron chi connectivity index (χ3n) is 0.715. The Morgan fingerprint density at radius 1 is 1.71 bits per heavy atom. The summed E-state index contributed by atoms with van der Waals surface area (Å²) in [5.74, 6) is 0.0602. The molecular formula is C5H11FO. The zero-order valence-corrected chi connectivity index (χ0v) is 4.78. The van der Waals surface area contributed by atoms with Gasteiger partial charge < -0.3 is 4.74 Å². The number of ether oxygens (including phenoxy) is 1. The predicted molar refractivity (Wildman–Crippen MR) is 27.0 cm³/mol. The summed E-state index contributed by atoms with van der Waals surface area (Å²) in [7, 11) is 1.58. The smallest absolute Gasteiger partial charge is 0.0941 e. The van der Waals surface area contributed by atoms with E-state index in [2.05, 4.69) is 4.74 Å². The molecule has 44 valence electrons. The molecule has 0 saturated carbocycles. The van der Waals surface area contributed by atoms with Crippen molar-refractivity contribution in [3.8, 4) is 0 Å². The van der Waals surface area contributed by atoms with Crippen LogP contribution in [0, 0.1) is 5.92 Å². The molecule has 0 aromatic carbocycles. The van der Waals surface area contributed by atoms with Crippen LogP contribution in [0.2, 0.25) is 0 Å². The van der Waals surface area contributed by atoms with Gasteiger partial charge in [0, 0.05) is 13.0 Å². The molecule has 2 heteroatoms. The van der Waals surface area contributed by atoms with Crippen LogP contribution in [0.15, 0.2) is 0 Å². The maximum absolute atomic E-state index is 11.5. The van der Waals surface area contributed by atoms with E-state index in [4.69, 9.17) is 0 Å². The summed E-state index contributed by atoms with van der Waals surface area (Å²) in [4.78, 5) is 0. The SMILES string of the molecule is COCC(C)CF. The minimum Gasteiger partial charge on any atom is -0.384 e. The van der Waals surface area contributed by atoms with Gasteiger partial charge in [0.15, 0.2) is 0 Å². The van der Waals surface area contributed by atoms with Gasteiger partial charge in [-0.05, 0) is 0 Å². The molecule has 0 radical (unpaired) electrons. The number of hydrogen-bond donors (Lipinski definition) is 0. The highest BCUT2D eigenvalue weighted by Gasteiger charge is 1.96. The molecule has 1 unspecified atom stereocenters. The van der Waals surface area contributed by atoms with Gasteiger partial charge in [0.05, 0.1) is 13.3 Å². The minimum atomic E-state index is -0.284. The third-order valence-corrected chi connectivity index (χ3v) is 0.715. The average molecular weight is 106 g/mol. The molecule has 0 heterocycles. The topological polar surface area (TPSA) is 9.23 Å². The van der Waals surface area contributed by atoms with Crippen molar-refractivity contribution in [2.75, 3.05) is 20.4 Å². The van der Waals surface area contributed by atoms with Gasteiger partial charge in [-0.25, -0.2) is 0 Å². The number of hydrogen-bond acceptors (Lipinski definition) is 1. The van der Waals surface area contributed by atoms with E-state index in [-0.39, 0.29) is 12.6 Å². The summed E-state index contributed by atoms with van der Waals surface area (Å²) in [6, 6.07) is 0. The lowest BCUT2D eigenvalue weighted by Gasteiger charge is -2.01. The second-order valence-electron chi connectivity index (χ2n) is 1.71. The second kappa shape index (κ2) is 4.06. The summed E-state index contributed by atoms with van der Waals surface area (Å²) >= 11 is 0. The second-order valence-corrected chi connectivity index (χ2v) is 1.71. The molecule has 0 saturated heterocycles. The van der Waals surface area contributed by atoms with Gasteiger partial charge in [0.2, 0.25) is 0 Å². The van der Waals surface area contributed by atoms with Crippen LogP contribution in [0.1, 0.15) is 6.92 Å². The fourth-order valence-electron chi connectivity index (χ4n) is 0.329. The largest absolute Gasteiger partial charge is 0.384 e. The summed E-state index contributed by atoms with van der Waals surface area (Å²) in [5, 5.41) is 0. The first-order valence-electron chi connectivity index (χ1n) is 2.36. The van der Waals surface area contributed by atoms with Crippen molar-refractivity contribution in [1.82, 2.24) is 0 Å². The first-order valence-corrected chi connectivity index (χ1v) is 2.36. The standard InChI is InChI=1S/C5H11FO/c1-5(3-6)4-7-2/h5H,3-4H2,1-2H3. The van der Waals surface area contributed by atoms with E-state index in [1.165, 1.54) is 0 Å². The van der Waals surface area contributed by atoms with Gasteiger partial charge >= 0.3 is 0 Å². The van der Waals surface area contributed by atoms with Crippen LogP contribution in [0.3, 0.4) is 0 Å². The number of methoxy groups -OCH3 is 1. The molecular weight excluding hydrogens is 95.1 g/mol. The number of alkyl halides is 1. The molecule has 0 spiro atoms. The molecule has 0 N–H and O–H groups in total. The van der Waals surface area contributed by atoms with Crippen molar-refractivity contribution in [2.24, 2.45) is 5.92 Å². The van der Waals surface area contributed by atoms with Crippen molar-refractivity contribution in [1.29, 1.82) is 0 Å². The van der Waals surface area contributed by atoms with Gasteiger partial charge in [-0.15, -0.1) is 0 Å². The van der Waals surface area contributed by atoms with Crippen LogP contribution in [-0.2, 0) is 4.74 Å². The summed E-state index contributed by atoms with van der Waals surface area (Å²) in [5.41, 5.74) is 0. The highest BCUT2D eigenvalue weighted by molar-refractivity contribution is 4.44. The van der Waals surface area contributed by atoms with Crippen LogP contribution < -0.4 is 0 Å². The highest BCUT2D eigenvalue weighted by Crippen LogP contribution is 1.93. The van der Waals surface area contributed by atoms with Gasteiger partial charge in [-0.3, -0.25) is 4.39 Å². The van der Waals surface area contributed by atoms with Crippen molar-refractivity contribution < 1.29 is 9.13 Å². The van der Waals surface area contributed by atoms with Crippen LogP contribution in [0.25, 0.3) is 0 Å². The van der Waals surface area contributed by atoms with Gasteiger partial charge in [0.1, 0.15) is 0 Å². The van der Waals surface area contributed by atoms with E-state index >= 15 is 0 Å². The highest BCUT2D eigenvalue weighted by atomic mass is 19.1. The lowest BCUT2D eigenvalue weighted by Crippen LogP contribution is -2.04. The van der Waals surface area contributed by atoms with E-state index in [9.17, 15) is 4.39 Å². The molecule has 0 aromatic heterocycles.